The van der Waals surface area contributed by atoms with Gasteiger partial charge in [0, 0.05) is 16.8 Å². The van der Waals surface area contributed by atoms with E-state index in [9.17, 15) is 0 Å². The zero-order valence-corrected chi connectivity index (χ0v) is 30.7. The van der Waals surface area contributed by atoms with Crippen molar-refractivity contribution in [3.8, 4) is 11.1 Å². The Balaban J connectivity index is 1.23. The van der Waals surface area contributed by atoms with E-state index < -0.39 is 0 Å². The minimum atomic E-state index is -0.222. The van der Waals surface area contributed by atoms with E-state index in [0.29, 0.717) is 0 Å². The van der Waals surface area contributed by atoms with E-state index in [0.717, 1.165) is 12.8 Å². The molecule has 0 radical (unpaired) electrons. The maximum atomic E-state index is 2.60. The average Bonchev–Trinajstić information content (AvgIpc) is 3.57. The first-order valence-electron chi connectivity index (χ1n) is 17.3. The van der Waals surface area contributed by atoms with Crippen molar-refractivity contribution in [2.75, 3.05) is 9.80 Å². The van der Waals surface area contributed by atoms with Crippen LogP contribution in [0.15, 0.2) is 114 Å². The lowest BCUT2D eigenvalue weighted by Crippen LogP contribution is -2.40. The van der Waals surface area contributed by atoms with Gasteiger partial charge in [0.25, 0.3) is 0 Å². The predicted octanol–water partition coefficient (Wildman–Crippen LogP) is 13.0. The van der Waals surface area contributed by atoms with Gasteiger partial charge in [-0.15, -0.1) is 22.7 Å². The van der Waals surface area contributed by atoms with E-state index in [4.69, 9.17) is 0 Å². The molecule has 4 heteroatoms. The van der Waals surface area contributed by atoms with Crippen molar-refractivity contribution in [2.45, 2.75) is 77.8 Å². The van der Waals surface area contributed by atoms with Crippen LogP contribution in [0.25, 0.3) is 11.1 Å². The van der Waals surface area contributed by atoms with E-state index in [1.165, 1.54) is 71.4 Å². The Morgan fingerprint density at radius 2 is 1.21 bits per heavy atom. The van der Waals surface area contributed by atoms with Gasteiger partial charge in [-0.25, -0.2) is 0 Å². The summed E-state index contributed by atoms with van der Waals surface area (Å²) in [4.78, 5) is 5.16. The molecule has 2 unspecified atom stereocenters. The summed E-state index contributed by atoms with van der Waals surface area (Å²) in [6.07, 6.45) is 2.01. The van der Waals surface area contributed by atoms with Crippen LogP contribution < -0.4 is 9.80 Å². The van der Waals surface area contributed by atoms with Crippen LogP contribution in [0, 0.1) is 13.8 Å². The summed E-state index contributed by atoms with van der Waals surface area (Å²) in [5.41, 5.74) is 14.6. The highest BCUT2D eigenvalue weighted by molar-refractivity contribution is 7.14. The molecule has 0 aliphatic heterocycles. The molecule has 2 aromatic heterocycles. The highest BCUT2D eigenvalue weighted by Crippen LogP contribution is 2.63. The molecular formula is C44H44N2S2. The van der Waals surface area contributed by atoms with Gasteiger partial charge in [0.15, 0.2) is 0 Å². The van der Waals surface area contributed by atoms with Crippen molar-refractivity contribution < 1.29 is 0 Å². The molecule has 0 fully saturated rings. The minimum Gasteiger partial charge on any atom is -0.323 e. The normalized spacial score (nSPS) is 18.1. The number of thiophene rings is 2. The Morgan fingerprint density at radius 3 is 1.79 bits per heavy atom. The first-order chi connectivity index (χ1) is 23.1. The lowest BCUT2D eigenvalue weighted by molar-refractivity contribution is 0.464. The molecule has 8 rings (SSSR count). The second-order valence-corrected chi connectivity index (χ2v) is 16.3. The Hall–Kier alpha value is -4.12. The average molecular weight is 665 g/mol. The van der Waals surface area contributed by atoms with Crippen LogP contribution in [-0.2, 0) is 16.5 Å². The first-order valence-corrected chi connectivity index (χ1v) is 19.0. The molecule has 2 heterocycles. The summed E-state index contributed by atoms with van der Waals surface area (Å²) in [6, 6.07) is 39.4. The fraction of sp³-hybridized carbons (Fsp3) is 0.273. The highest BCUT2D eigenvalue weighted by Gasteiger charge is 2.56. The van der Waals surface area contributed by atoms with Gasteiger partial charge in [0.05, 0.1) is 21.1 Å². The molecule has 2 nitrogen and oxygen atoms in total. The van der Waals surface area contributed by atoms with E-state index in [1.54, 1.807) is 0 Å². The lowest BCUT2D eigenvalue weighted by Gasteiger charge is -2.43. The van der Waals surface area contributed by atoms with E-state index >= 15 is 0 Å². The number of nitrogens with zero attached hydrogens (tertiary/aromatic N) is 2. The van der Waals surface area contributed by atoms with Gasteiger partial charge in [-0.05, 0) is 138 Å². The standard InChI is InChI=1S/C44H44N2S2/c1-8-43(7,45(40-12-10-24-47-40)32-19-14-29(3)15-20-32)31-18-23-34-35-27-38-39(28-37(35)42(5,6)36(34)26-31)44(38,9-2)46(41-13-11-25-48-41)33-21-16-30(4)17-22-33/h10-28H,8-9H2,1-7H3. The monoisotopic (exact) mass is 664 g/mol. The summed E-state index contributed by atoms with van der Waals surface area (Å²) in [5, 5.41) is 6.96. The Kier molecular flexibility index (Phi) is 7.28. The minimum absolute atomic E-state index is 0.109. The summed E-state index contributed by atoms with van der Waals surface area (Å²) >= 11 is 3.64. The molecule has 0 spiro atoms. The number of fused-ring (bicyclic) bond motifs is 4. The third-order valence-electron chi connectivity index (χ3n) is 11.4. The number of anilines is 4. The lowest BCUT2D eigenvalue weighted by atomic mass is 9.79. The summed E-state index contributed by atoms with van der Waals surface area (Å²) in [5.74, 6) is 0. The number of hydrogen-bond acceptors (Lipinski definition) is 4. The topological polar surface area (TPSA) is 6.48 Å². The van der Waals surface area contributed by atoms with E-state index in [1.807, 2.05) is 22.7 Å². The van der Waals surface area contributed by atoms with Crippen LogP contribution in [0.5, 0.6) is 0 Å². The van der Waals surface area contributed by atoms with Crippen LogP contribution in [-0.4, -0.2) is 0 Å². The molecule has 0 N–H and O–H groups in total. The summed E-state index contributed by atoms with van der Waals surface area (Å²) < 4.78 is 0. The molecule has 2 atom stereocenters. The smallest absolute Gasteiger partial charge is 0.0967 e. The summed E-state index contributed by atoms with van der Waals surface area (Å²) in [7, 11) is 0. The molecule has 0 bridgehead atoms. The second-order valence-electron chi connectivity index (χ2n) is 14.4. The van der Waals surface area contributed by atoms with Crippen molar-refractivity contribution >= 4 is 44.1 Å². The Bertz CT molecular complexity index is 2110. The van der Waals surface area contributed by atoms with Crippen LogP contribution in [0.2, 0.25) is 0 Å². The van der Waals surface area contributed by atoms with Gasteiger partial charge in [-0.2, -0.15) is 0 Å². The highest BCUT2D eigenvalue weighted by atomic mass is 32.1. The van der Waals surface area contributed by atoms with Gasteiger partial charge in [0.1, 0.15) is 0 Å². The zero-order valence-electron chi connectivity index (χ0n) is 29.1. The van der Waals surface area contributed by atoms with Crippen LogP contribution in [0.1, 0.15) is 86.4 Å². The van der Waals surface area contributed by atoms with Gasteiger partial charge >= 0.3 is 0 Å². The third kappa shape index (κ3) is 4.49. The van der Waals surface area contributed by atoms with E-state index in [-0.39, 0.29) is 16.5 Å². The van der Waals surface area contributed by atoms with Crippen molar-refractivity contribution in [1.29, 1.82) is 0 Å². The Morgan fingerprint density at radius 1 is 0.625 bits per heavy atom. The molecule has 0 saturated heterocycles. The van der Waals surface area contributed by atoms with Gasteiger partial charge < -0.3 is 9.80 Å². The number of aryl methyl sites for hydroxylation is 2. The van der Waals surface area contributed by atoms with Crippen LogP contribution >= 0.6 is 22.7 Å². The third-order valence-corrected chi connectivity index (χ3v) is 13.1. The molecule has 0 amide bonds. The van der Waals surface area contributed by atoms with Gasteiger partial charge in [0.2, 0.25) is 0 Å². The van der Waals surface area contributed by atoms with Crippen LogP contribution in [0.4, 0.5) is 21.4 Å². The second kappa shape index (κ2) is 11.2. The molecule has 2 aliphatic carbocycles. The predicted molar refractivity (Wildman–Crippen MR) is 208 cm³/mol. The van der Waals surface area contributed by atoms with Crippen molar-refractivity contribution in [3.63, 3.8) is 0 Å². The number of benzene rings is 4. The number of rotatable bonds is 9. The maximum Gasteiger partial charge on any atom is 0.0967 e. The SMILES string of the molecule is CCC(C)(c1ccc2c(c1)C(C)(C)c1cc3c(cc1-2)C3(CC)N(c1ccc(C)cc1)c1cccs1)N(c1ccc(C)cc1)c1cccs1. The molecule has 2 aliphatic rings. The molecule has 0 saturated carbocycles. The maximum absolute atomic E-state index is 2.60. The van der Waals surface area contributed by atoms with Gasteiger partial charge in [-0.1, -0.05) is 87.4 Å². The number of hydrogen-bond donors (Lipinski definition) is 0. The van der Waals surface area contributed by atoms with E-state index in [2.05, 4.69) is 172 Å². The van der Waals surface area contributed by atoms with Crippen molar-refractivity contribution in [1.82, 2.24) is 0 Å². The first kappa shape index (κ1) is 31.2. The van der Waals surface area contributed by atoms with Crippen LogP contribution in [0.3, 0.4) is 0 Å². The fourth-order valence-electron chi connectivity index (χ4n) is 8.35. The molecule has 48 heavy (non-hydrogen) atoms. The molecule has 4 aromatic carbocycles. The van der Waals surface area contributed by atoms with Gasteiger partial charge in [-0.3, -0.25) is 0 Å². The summed E-state index contributed by atoms with van der Waals surface area (Å²) in [6.45, 7) is 16.3. The molecular weight excluding hydrogens is 621 g/mol. The molecule has 6 aromatic rings. The fourth-order valence-corrected chi connectivity index (χ4v) is 10.0. The van der Waals surface area contributed by atoms with Crippen molar-refractivity contribution in [3.05, 3.63) is 153 Å². The molecule has 242 valence electrons. The largest absolute Gasteiger partial charge is 0.323 e. The zero-order chi connectivity index (χ0) is 33.4. The Labute approximate surface area is 294 Å². The van der Waals surface area contributed by atoms with Crippen molar-refractivity contribution in [2.24, 2.45) is 0 Å². The quantitative estimate of drug-likeness (QED) is 0.152.